The average molecular weight is 170 g/mol. The smallest absolute Gasteiger partial charge is 0.171 e. The van der Waals surface area contributed by atoms with Gasteiger partial charge in [-0.1, -0.05) is 12.2 Å². The van der Waals surface area contributed by atoms with Gasteiger partial charge in [0.2, 0.25) is 0 Å². The summed E-state index contributed by atoms with van der Waals surface area (Å²) >= 11 is 5.83. The molecule has 0 aromatic heterocycles. The van der Waals surface area contributed by atoms with Gasteiger partial charge in [-0.3, -0.25) is 0 Å². The third-order valence-electron chi connectivity index (χ3n) is 2.72. The SMILES string of the molecule is N#C[C@@]1(O)[C@@H]2CC=C[C@@H]2[C@@H]1Cl. The molecule has 0 aromatic rings. The van der Waals surface area contributed by atoms with E-state index in [1.807, 2.05) is 18.2 Å². The summed E-state index contributed by atoms with van der Waals surface area (Å²) in [7, 11) is 0. The molecule has 11 heavy (non-hydrogen) atoms. The van der Waals surface area contributed by atoms with Crippen LogP contribution in [0.25, 0.3) is 0 Å². The fourth-order valence-electron chi connectivity index (χ4n) is 1.97. The second-order valence-corrected chi connectivity index (χ2v) is 3.66. The van der Waals surface area contributed by atoms with Gasteiger partial charge in [-0.25, -0.2) is 0 Å². The van der Waals surface area contributed by atoms with Crippen LogP contribution in [0, 0.1) is 23.2 Å². The van der Waals surface area contributed by atoms with Crippen molar-refractivity contribution in [1.29, 1.82) is 5.26 Å². The van der Waals surface area contributed by atoms with Gasteiger partial charge in [-0.2, -0.15) is 5.26 Å². The van der Waals surface area contributed by atoms with Gasteiger partial charge in [-0.15, -0.1) is 11.6 Å². The van der Waals surface area contributed by atoms with Crippen LogP contribution in [-0.2, 0) is 0 Å². The molecule has 58 valence electrons. The first-order chi connectivity index (χ1) is 5.20. The standard InChI is InChI=1S/C8H8ClNO/c9-7-5-2-1-3-6(5)8(7,11)4-10/h1-2,5-7,11H,3H2/t5-,6+,7-,8+/m0/s1. The summed E-state index contributed by atoms with van der Waals surface area (Å²) in [6.07, 6.45) is 4.77. The summed E-state index contributed by atoms with van der Waals surface area (Å²) in [5.74, 6) is 0.274. The fourth-order valence-corrected chi connectivity index (χ4v) is 2.44. The maximum absolute atomic E-state index is 9.62. The highest BCUT2D eigenvalue weighted by Gasteiger charge is 2.61. The van der Waals surface area contributed by atoms with Crippen molar-refractivity contribution < 1.29 is 5.11 Å². The van der Waals surface area contributed by atoms with Gasteiger partial charge in [0.15, 0.2) is 5.60 Å². The van der Waals surface area contributed by atoms with Crippen molar-refractivity contribution in [3.63, 3.8) is 0 Å². The van der Waals surface area contributed by atoms with Crippen molar-refractivity contribution in [3.05, 3.63) is 12.2 Å². The van der Waals surface area contributed by atoms with Gasteiger partial charge >= 0.3 is 0 Å². The Morgan fingerprint density at radius 3 is 3.09 bits per heavy atom. The van der Waals surface area contributed by atoms with Crippen molar-refractivity contribution in [2.24, 2.45) is 11.8 Å². The Hall–Kier alpha value is -0.520. The molecule has 0 amide bonds. The largest absolute Gasteiger partial charge is 0.374 e. The van der Waals surface area contributed by atoms with Crippen molar-refractivity contribution in [2.45, 2.75) is 17.4 Å². The Balaban J connectivity index is 2.26. The Kier molecular flexibility index (Phi) is 1.30. The van der Waals surface area contributed by atoms with Crippen LogP contribution in [0.15, 0.2) is 12.2 Å². The van der Waals surface area contributed by atoms with Crippen LogP contribution in [0.2, 0.25) is 0 Å². The minimum Gasteiger partial charge on any atom is -0.374 e. The number of hydrogen-bond donors (Lipinski definition) is 1. The molecule has 2 aliphatic rings. The van der Waals surface area contributed by atoms with Gasteiger partial charge in [0, 0.05) is 11.8 Å². The van der Waals surface area contributed by atoms with E-state index in [9.17, 15) is 5.11 Å². The minimum atomic E-state index is -1.27. The summed E-state index contributed by atoms with van der Waals surface area (Å²) in [4.78, 5) is 0. The predicted molar refractivity (Wildman–Crippen MR) is 40.9 cm³/mol. The molecule has 0 heterocycles. The molecule has 0 bridgehead atoms. The summed E-state index contributed by atoms with van der Waals surface area (Å²) in [6.45, 7) is 0. The Morgan fingerprint density at radius 2 is 2.45 bits per heavy atom. The number of hydrogen-bond acceptors (Lipinski definition) is 2. The van der Waals surface area contributed by atoms with E-state index in [0.717, 1.165) is 6.42 Å². The van der Waals surface area contributed by atoms with E-state index in [0.29, 0.717) is 0 Å². The molecule has 2 nitrogen and oxygen atoms in total. The molecule has 2 aliphatic carbocycles. The summed E-state index contributed by atoms with van der Waals surface area (Å²) in [5.41, 5.74) is -1.27. The van der Waals surface area contributed by atoms with Crippen molar-refractivity contribution in [3.8, 4) is 6.07 Å². The molecule has 4 atom stereocenters. The monoisotopic (exact) mass is 169 g/mol. The number of allylic oxidation sites excluding steroid dienone is 2. The molecule has 0 aliphatic heterocycles. The van der Waals surface area contributed by atoms with E-state index >= 15 is 0 Å². The van der Waals surface area contributed by atoms with Crippen LogP contribution < -0.4 is 0 Å². The lowest BCUT2D eigenvalue weighted by Crippen LogP contribution is -2.61. The number of aliphatic hydroxyl groups is 1. The van der Waals surface area contributed by atoms with Crippen molar-refractivity contribution >= 4 is 11.6 Å². The topological polar surface area (TPSA) is 44.0 Å². The third kappa shape index (κ3) is 0.654. The van der Waals surface area contributed by atoms with Crippen LogP contribution in [0.1, 0.15) is 6.42 Å². The first-order valence-electron chi connectivity index (χ1n) is 3.64. The van der Waals surface area contributed by atoms with E-state index in [2.05, 4.69) is 0 Å². The third-order valence-corrected chi connectivity index (χ3v) is 3.34. The Bertz CT molecular complexity index is 257. The van der Waals surface area contributed by atoms with Gasteiger partial charge in [-0.05, 0) is 6.42 Å². The van der Waals surface area contributed by atoms with Gasteiger partial charge in [0.05, 0.1) is 11.4 Å². The van der Waals surface area contributed by atoms with E-state index in [1.165, 1.54) is 0 Å². The zero-order valence-electron chi connectivity index (χ0n) is 5.87. The maximum atomic E-state index is 9.62. The van der Waals surface area contributed by atoms with Gasteiger partial charge in [0.1, 0.15) is 0 Å². The lowest BCUT2D eigenvalue weighted by Gasteiger charge is -2.48. The first kappa shape index (κ1) is 7.15. The van der Waals surface area contributed by atoms with Gasteiger partial charge < -0.3 is 5.11 Å². The molecule has 0 unspecified atom stereocenters. The van der Waals surface area contributed by atoms with Gasteiger partial charge in [0.25, 0.3) is 0 Å². The van der Waals surface area contributed by atoms with E-state index < -0.39 is 11.0 Å². The number of alkyl halides is 1. The van der Waals surface area contributed by atoms with Crippen LogP contribution >= 0.6 is 11.6 Å². The molecule has 2 rings (SSSR count). The molecule has 0 saturated heterocycles. The second kappa shape index (κ2) is 2.00. The highest BCUT2D eigenvalue weighted by Crippen LogP contribution is 2.52. The zero-order valence-corrected chi connectivity index (χ0v) is 6.62. The zero-order chi connectivity index (χ0) is 8.06. The molecule has 1 N–H and O–H groups in total. The van der Waals surface area contributed by atoms with E-state index in [1.54, 1.807) is 0 Å². The summed E-state index contributed by atoms with van der Waals surface area (Å²) < 4.78 is 0. The Labute approximate surface area is 70.1 Å². The maximum Gasteiger partial charge on any atom is 0.171 e. The average Bonchev–Trinajstić information content (AvgIpc) is 2.48. The number of nitriles is 1. The lowest BCUT2D eigenvalue weighted by atomic mass is 9.63. The lowest BCUT2D eigenvalue weighted by molar-refractivity contribution is -0.0626. The molecule has 1 fully saturated rings. The molecule has 1 saturated carbocycles. The first-order valence-corrected chi connectivity index (χ1v) is 4.08. The second-order valence-electron chi connectivity index (χ2n) is 3.19. The van der Waals surface area contributed by atoms with Crippen molar-refractivity contribution in [1.82, 2.24) is 0 Å². The van der Waals surface area contributed by atoms with Crippen LogP contribution in [0.3, 0.4) is 0 Å². The summed E-state index contributed by atoms with van der Waals surface area (Å²) in [5, 5.41) is 17.9. The fraction of sp³-hybridized carbons (Fsp3) is 0.625. The molecular weight excluding hydrogens is 162 g/mol. The summed E-state index contributed by atoms with van der Waals surface area (Å²) in [6, 6.07) is 1.88. The number of nitrogens with zero attached hydrogens (tertiary/aromatic N) is 1. The number of halogens is 1. The van der Waals surface area contributed by atoms with Crippen molar-refractivity contribution in [2.75, 3.05) is 0 Å². The minimum absolute atomic E-state index is 0.0509. The molecule has 0 aromatic carbocycles. The number of rotatable bonds is 0. The normalized spacial score (nSPS) is 53.0. The molecule has 0 radical (unpaired) electrons. The quantitative estimate of drug-likeness (QED) is 0.335. The Morgan fingerprint density at radius 1 is 1.73 bits per heavy atom. The van der Waals surface area contributed by atoms with Crippen LogP contribution in [0.5, 0.6) is 0 Å². The highest BCUT2D eigenvalue weighted by molar-refractivity contribution is 6.23. The van der Waals surface area contributed by atoms with Crippen LogP contribution in [-0.4, -0.2) is 16.1 Å². The molecule has 0 spiro atoms. The van der Waals surface area contributed by atoms with Crippen LogP contribution in [0.4, 0.5) is 0 Å². The van der Waals surface area contributed by atoms with E-state index in [-0.39, 0.29) is 11.8 Å². The van der Waals surface area contributed by atoms with E-state index in [4.69, 9.17) is 16.9 Å². The molecular formula is C8H8ClNO. The highest BCUT2D eigenvalue weighted by atomic mass is 35.5. The number of fused-ring (bicyclic) bond motifs is 1. The predicted octanol–water partition coefficient (Wildman–Crippen LogP) is 1.05. The molecule has 3 heteroatoms.